The third-order valence-electron chi connectivity index (χ3n) is 10.3. The van der Waals surface area contributed by atoms with Gasteiger partial charge in [0.2, 0.25) is 5.60 Å². The molecule has 14 nitrogen and oxygen atoms in total. The number of aromatic nitrogens is 3. The van der Waals surface area contributed by atoms with E-state index >= 15 is 0 Å². The van der Waals surface area contributed by atoms with Gasteiger partial charge in [-0.1, -0.05) is 110 Å². The monoisotopic (exact) mass is 800 g/mol. The lowest BCUT2D eigenvalue weighted by Gasteiger charge is -2.26. The van der Waals surface area contributed by atoms with Crippen molar-refractivity contribution in [2.75, 3.05) is 18.9 Å². The molecule has 1 saturated heterocycles. The Hall–Kier alpha value is -3.50. The molecule has 56 heavy (non-hydrogen) atoms. The molecule has 3 aromatic rings. The zero-order valence-electron chi connectivity index (χ0n) is 32.4. The number of halogens is 1. The molecular formula is C40H58FN6O8P. The number of nitrogens with two attached hydrogens (primary N) is 1. The van der Waals surface area contributed by atoms with Crippen molar-refractivity contribution in [2.24, 2.45) is 0 Å². The number of anilines is 1. The first-order valence-corrected chi connectivity index (χ1v) is 21.5. The summed E-state index contributed by atoms with van der Waals surface area (Å²) in [5, 5.41) is 45.2. The maximum Gasteiger partial charge on any atom is 0.472 e. The molecule has 5 N–H and O–H groups in total. The Morgan fingerprint density at radius 3 is 2.20 bits per heavy atom. The molecule has 2 unspecified atom stereocenters. The maximum atomic E-state index is 14.1. The summed E-state index contributed by atoms with van der Waals surface area (Å²) in [6.07, 6.45) is 15.7. The molecular weight excluding hydrogens is 742 g/mol. The zero-order valence-corrected chi connectivity index (χ0v) is 33.3. The Kier molecular flexibility index (Phi) is 18.6. The number of nitrogens with zero attached hydrogens (tertiary/aromatic N) is 5. The van der Waals surface area contributed by atoms with Crippen molar-refractivity contribution in [3.8, 4) is 12.1 Å². The van der Waals surface area contributed by atoms with Gasteiger partial charge in [0.15, 0.2) is 5.82 Å². The summed E-state index contributed by atoms with van der Waals surface area (Å²) in [7, 11) is -4.87. The van der Waals surface area contributed by atoms with Crippen LogP contribution in [0.4, 0.5) is 10.2 Å². The molecule has 308 valence electrons. The number of unbranched alkanes of at least 4 members (excludes halogenated alkanes) is 15. The molecule has 16 heteroatoms. The lowest BCUT2D eigenvalue weighted by atomic mass is 9.96. The van der Waals surface area contributed by atoms with Crippen LogP contribution in [0.3, 0.4) is 0 Å². The normalized spacial score (nSPS) is 21.2. The average molecular weight is 801 g/mol. The zero-order chi connectivity index (χ0) is 40.4. The van der Waals surface area contributed by atoms with Crippen molar-refractivity contribution in [1.82, 2.24) is 14.6 Å². The molecule has 0 radical (unpaired) electrons. The molecule has 4 rings (SSSR count). The summed E-state index contributed by atoms with van der Waals surface area (Å²) >= 11 is 0. The van der Waals surface area contributed by atoms with E-state index in [9.17, 15) is 34.6 Å². The quantitative estimate of drug-likeness (QED) is 0.0429. The summed E-state index contributed by atoms with van der Waals surface area (Å²) in [6, 6.07) is 10.7. The topological polar surface area (TPSA) is 218 Å². The second-order valence-electron chi connectivity index (χ2n) is 14.7. The van der Waals surface area contributed by atoms with E-state index in [0.717, 1.165) is 31.7 Å². The number of hydrogen-bond donors (Lipinski definition) is 4. The second kappa shape index (κ2) is 23.0. The molecule has 0 spiro atoms. The first-order valence-electron chi connectivity index (χ1n) is 20.0. The molecule has 0 amide bonds. The van der Waals surface area contributed by atoms with Gasteiger partial charge in [0.1, 0.15) is 48.6 Å². The van der Waals surface area contributed by atoms with Crippen molar-refractivity contribution in [1.29, 1.82) is 10.5 Å². The number of hydrogen-bond acceptors (Lipinski definition) is 12. The molecule has 2 aromatic heterocycles. The Morgan fingerprint density at radius 1 is 0.964 bits per heavy atom. The first kappa shape index (κ1) is 45.2. The van der Waals surface area contributed by atoms with Crippen molar-refractivity contribution in [2.45, 2.75) is 153 Å². The molecule has 0 bridgehead atoms. The van der Waals surface area contributed by atoms with Crippen LogP contribution in [0.1, 0.15) is 139 Å². The average Bonchev–Trinajstić information content (AvgIpc) is 3.73. The summed E-state index contributed by atoms with van der Waals surface area (Å²) in [6.45, 7) is 0.876. The number of aliphatic hydroxyl groups is 2. The number of aliphatic hydroxyl groups excluding tert-OH is 2. The highest BCUT2D eigenvalue weighted by atomic mass is 31.2. The van der Waals surface area contributed by atoms with Gasteiger partial charge in [0.25, 0.3) is 0 Å². The second-order valence-corrected chi connectivity index (χ2v) is 16.2. The van der Waals surface area contributed by atoms with E-state index in [1.807, 2.05) is 6.07 Å². The number of phosphoric ester groups is 1. The van der Waals surface area contributed by atoms with Gasteiger partial charge < -0.3 is 30.3 Å². The van der Waals surface area contributed by atoms with Crippen LogP contribution in [0.5, 0.6) is 0 Å². The van der Waals surface area contributed by atoms with Gasteiger partial charge in [-0.25, -0.2) is 18.5 Å². The van der Waals surface area contributed by atoms with E-state index in [4.69, 9.17) is 24.3 Å². The van der Waals surface area contributed by atoms with Crippen LogP contribution in [-0.2, 0) is 29.7 Å². The molecule has 0 aliphatic carbocycles. The van der Waals surface area contributed by atoms with Gasteiger partial charge in [-0.05, 0) is 42.3 Å². The predicted octanol–water partition coefficient (Wildman–Crippen LogP) is 7.75. The lowest BCUT2D eigenvalue weighted by Crippen LogP contribution is -2.45. The van der Waals surface area contributed by atoms with E-state index in [1.165, 1.54) is 100 Å². The van der Waals surface area contributed by atoms with Gasteiger partial charge in [0, 0.05) is 0 Å². The van der Waals surface area contributed by atoms with Crippen LogP contribution in [-0.4, -0.2) is 66.8 Å². The number of nitrogen functional groups attached to an aromatic ring is 1. The highest BCUT2D eigenvalue weighted by molar-refractivity contribution is 7.47. The van der Waals surface area contributed by atoms with E-state index in [0.29, 0.717) is 17.5 Å². The Labute approximate surface area is 329 Å². The fraction of sp³-hybridized carbons (Fsp3) is 0.650. The lowest BCUT2D eigenvalue weighted by molar-refractivity contribution is -0.0763. The first-order chi connectivity index (χ1) is 27.0. The van der Waals surface area contributed by atoms with E-state index in [1.54, 1.807) is 18.2 Å². The molecule has 6 atom stereocenters. The number of phosphoric acid groups is 1. The SMILES string of the molecule is CCCCCCCCCCCCCCCCCC[C@@H](COP(=O)(O)OC[C@@]1(C#N)OC(c2ccc3c(N)ncnn23)[C@H](O)[C@@H]1O)OCc1cc(F)cc(C#N)c1. The Morgan fingerprint density at radius 2 is 1.59 bits per heavy atom. The number of nitriles is 2. The molecule has 1 aliphatic heterocycles. The summed E-state index contributed by atoms with van der Waals surface area (Å²) < 4.78 is 50.8. The third-order valence-corrected chi connectivity index (χ3v) is 11.2. The van der Waals surface area contributed by atoms with Crippen molar-refractivity contribution in [3.05, 3.63) is 59.3 Å². The Balaban J connectivity index is 1.24. The number of fused-ring (bicyclic) bond motifs is 1. The third kappa shape index (κ3) is 13.6. The molecule has 1 aromatic carbocycles. The fourth-order valence-corrected chi connectivity index (χ4v) is 7.80. The molecule has 1 fully saturated rings. The van der Waals surface area contributed by atoms with E-state index in [2.05, 4.69) is 17.0 Å². The van der Waals surface area contributed by atoms with Gasteiger partial charge in [-0.2, -0.15) is 15.6 Å². The Bertz CT molecular complexity index is 1790. The van der Waals surface area contributed by atoms with E-state index < -0.39 is 50.3 Å². The predicted molar refractivity (Wildman–Crippen MR) is 207 cm³/mol. The molecule has 3 heterocycles. The highest BCUT2D eigenvalue weighted by Gasteiger charge is 2.57. The van der Waals surface area contributed by atoms with Gasteiger partial charge >= 0.3 is 7.82 Å². The summed E-state index contributed by atoms with van der Waals surface area (Å²) in [5.41, 5.74) is 4.89. The minimum atomic E-state index is -4.87. The van der Waals surface area contributed by atoms with Crippen LogP contribution in [0.25, 0.3) is 5.52 Å². The standard InChI is InChI=1S/C40H58FN6O8P/c1-2-3-4-5-6-7-8-9-10-11-12-13-14-15-16-17-18-33(52-25-31-21-30(24-42)22-32(41)23-31)26-53-56(50,51)54-28-40(27-43)38(49)36(48)37(55-40)34-19-20-35-39(44)45-29-46-47(34)35/h19-23,29,33,36-38,48-49H,2-18,25-26,28H2,1H3,(H,50,51)(H2,44,45,46)/t33-,36-,37?,38-,40+/m0/s1. The maximum absolute atomic E-state index is 14.1. The van der Waals surface area contributed by atoms with E-state index in [-0.39, 0.29) is 30.3 Å². The van der Waals surface area contributed by atoms with Crippen LogP contribution >= 0.6 is 7.82 Å². The summed E-state index contributed by atoms with van der Waals surface area (Å²) in [5.74, 6) is -0.424. The minimum absolute atomic E-state index is 0.0717. The number of rotatable bonds is 27. The van der Waals surface area contributed by atoms with Gasteiger partial charge in [0.05, 0.1) is 36.6 Å². The van der Waals surface area contributed by atoms with Gasteiger partial charge in [-0.3, -0.25) is 9.05 Å². The van der Waals surface area contributed by atoms with Crippen LogP contribution in [0.15, 0.2) is 36.7 Å². The smallest absolute Gasteiger partial charge is 0.387 e. The molecule has 1 aliphatic rings. The summed E-state index contributed by atoms with van der Waals surface area (Å²) in [4.78, 5) is 14.6. The largest absolute Gasteiger partial charge is 0.472 e. The van der Waals surface area contributed by atoms with Crippen LogP contribution in [0.2, 0.25) is 0 Å². The van der Waals surface area contributed by atoms with Crippen molar-refractivity contribution >= 4 is 19.2 Å². The minimum Gasteiger partial charge on any atom is -0.387 e. The van der Waals surface area contributed by atoms with Crippen molar-refractivity contribution < 1.29 is 42.6 Å². The number of ether oxygens (including phenoxy) is 2. The van der Waals surface area contributed by atoms with Crippen molar-refractivity contribution in [3.63, 3.8) is 0 Å². The van der Waals surface area contributed by atoms with Crippen LogP contribution in [0, 0.1) is 28.5 Å². The van der Waals surface area contributed by atoms with Gasteiger partial charge in [-0.15, -0.1) is 0 Å². The fourth-order valence-electron chi connectivity index (χ4n) is 7.01. The number of benzene rings is 1. The highest BCUT2D eigenvalue weighted by Crippen LogP contribution is 2.48. The molecule has 0 saturated carbocycles. The van der Waals surface area contributed by atoms with Crippen LogP contribution < -0.4 is 5.73 Å².